The van der Waals surface area contributed by atoms with Crippen LogP contribution in [0.4, 0.5) is 4.39 Å². The van der Waals surface area contributed by atoms with Gasteiger partial charge in [-0.05, 0) is 30.5 Å². The Hall–Kier alpha value is -0.560. The van der Waals surface area contributed by atoms with E-state index in [0.29, 0.717) is 10.6 Å². The molecule has 11 heavy (non-hydrogen) atoms. The van der Waals surface area contributed by atoms with Crippen molar-refractivity contribution >= 4 is 11.6 Å². The van der Waals surface area contributed by atoms with Crippen LogP contribution < -0.4 is 0 Å². The van der Waals surface area contributed by atoms with Crippen LogP contribution in [0.3, 0.4) is 0 Å². The molecule has 0 aliphatic heterocycles. The molecule has 0 aliphatic rings. The second kappa shape index (κ2) is 3.72. The number of benzene rings is 1. The molecule has 0 spiro atoms. The fourth-order valence-electron chi connectivity index (χ4n) is 0.887. The van der Waals surface area contributed by atoms with Gasteiger partial charge in [-0.25, -0.2) is 4.39 Å². The summed E-state index contributed by atoms with van der Waals surface area (Å²) >= 11 is 5.56. The molecule has 0 amide bonds. The summed E-state index contributed by atoms with van der Waals surface area (Å²) in [7, 11) is 0. The van der Waals surface area contributed by atoms with E-state index in [1.165, 1.54) is 6.07 Å². The molecule has 0 aliphatic carbocycles. The average Bonchev–Trinajstić information content (AvgIpc) is 1.95. The lowest BCUT2D eigenvalue weighted by Gasteiger charge is -1.99. The first-order valence-corrected chi connectivity index (χ1v) is 3.90. The van der Waals surface area contributed by atoms with Gasteiger partial charge in [-0.15, -0.1) is 0 Å². The van der Waals surface area contributed by atoms with Crippen molar-refractivity contribution in [1.82, 2.24) is 0 Å². The van der Waals surface area contributed by atoms with Crippen LogP contribution >= 0.6 is 11.6 Å². The van der Waals surface area contributed by atoms with Gasteiger partial charge in [-0.3, -0.25) is 0 Å². The minimum Gasteiger partial charge on any atom is -0.207 e. The van der Waals surface area contributed by atoms with Crippen LogP contribution in [0.2, 0.25) is 5.02 Å². The zero-order valence-corrected chi connectivity index (χ0v) is 7.03. The van der Waals surface area contributed by atoms with E-state index < -0.39 is 0 Å². The van der Waals surface area contributed by atoms with Crippen LogP contribution in [-0.4, -0.2) is 0 Å². The summed E-state index contributed by atoms with van der Waals surface area (Å²) in [5, 5.41) is 0.441. The molecule has 2 heteroatoms. The van der Waals surface area contributed by atoms with E-state index in [0.717, 1.165) is 6.42 Å². The van der Waals surface area contributed by atoms with E-state index >= 15 is 0 Å². The van der Waals surface area contributed by atoms with E-state index in [1.54, 1.807) is 12.1 Å². The molecule has 0 aromatic heterocycles. The van der Waals surface area contributed by atoms with E-state index in [-0.39, 0.29) is 5.82 Å². The van der Waals surface area contributed by atoms with Gasteiger partial charge in [0.2, 0.25) is 0 Å². The quantitative estimate of drug-likeness (QED) is 0.640. The summed E-state index contributed by atoms with van der Waals surface area (Å²) in [6.07, 6.45) is 2.66. The normalized spacial score (nSPS) is 10.1. The van der Waals surface area contributed by atoms with Crippen molar-refractivity contribution in [2.45, 2.75) is 13.3 Å². The fourth-order valence-corrected chi connectivity index (χ4v) is 1.05. The summed E-state index contributed by atoms with van der Waals surface area (Å²) in [4.78, 5) is 0. The second-order valence-electron chi connectivity index (χ2n) is 2.28. The molecular formula is C9H9ClF. The topological polar surface area (TPSA) is 0 Å². The Bertz CT molecular complexity index is 245. The molecule has 0 atom stereocenters. The molecule has 0 N–H and O–H groups in total. The standard InChI is InChI=1S/C9H9ClF/c1-2-3-7-4-5-8(10)6-9(7)11/h3-6H,2H2,1H3. The number of rotatable bonds is 2. The van der Waals surface area contributed by atoms with Crippen LogP contribution in [-0.2, 0) is 0 Å². The highest BCUT2D eigenvalue weighted by molar-refractivity contribution is 6.30. The lowest BCUT2D eigenvalue weighted by molar-refractivity contribution is 0.619. The molecule has 1 radical (unpaired) electrons. The van der Waals surface area contributed by atoms with Gasteiger partial charge >= 0.3 is 0 Å². The first-order chi connectivity index (χ1) is 5.24. The van der Waals surface area contributed by atoms with Gasteiger partial charge in [0.05, 0.1) is 0 Å². The van der Waals surface area contributed by atoms with Crippen LogP contribution in [0.25, 0.3) is 0 Å². The molecule has 1 rings (SSSR count). The van der Waals surface area contributed by atoms with E-state index in [1.807, 2.05) is 13.3 Å². The monoisotopic (exact) mass is 171 g/mol. The predicted octanol–water partition coefficient (Wildman–Crippen LogP) is 3.44. The average molecular weight is 172 g/mol. The van der Waals surface area contributed by atoms with Crippen molar-refractivity contribution in [3.63, 3.8) is 0 Å². The zero-order chi connectivity index (χ0) is 8.27. The van der Waals surface area contributed by atoms with Gasteiger partial charge < -0.3 is 0 Å². The third-order valence-electron chi connectivity index (χ3n) is 1.39. The Labute approximate surface area is 71.0 Å². The SMILES string of the molecule is CC[CH]c1ccc(Cl)cc1F. The van der Waals surface area contributed by atoms with E-state index in [4.69, 9.17) is 11.6 Å². The summed E-state index contributed by atoms with van der Waals surface area (Å²) < 4.78 is 12.9. The highest BCUT2D eigenvalue weighted by Gasteiger charge is 2.00. The van der Waals surface area contributed by atoms with Gasteiger partial charge in [0.25, 0.3) is 0 Å². The van der Waals surface area contributed by atoms with Crippen molar-refractivity contribution in [2.24, 2.45) is 0 Å². The highest BCUT2D eigenvalue weighted by atomic mass is 35.5. The number of hydrogen-bond acceptors (Lipinski definition) is 0. The first-order valence-electron chi connectivity index (χ1n) is 3.52. The molecule has 0 saturated carbocycles. The summed E-state index contributed by atoms with van der Waals surface area (Å²) in [5.41, 5.74) is 0.622. The first kappa shape index (κ1) is 8.54. The maximum Gasteiger partial charge on any atom is 0.128 e. The Kier molecular flexibility index (Phi) is 2.89. The van der Waals surface area contributed by atoms with Crippen molar-refractivity contribution in [3.8, 4) is 0 Å². The summed E-state index contributed by atoms with van der Waals surface area (Å²) in [5.74, 6) is -0.251. The Morgan fingerprint density at radius 1 is 1.55 bits per heavy atom. The molecule has 0 fully saturated rings. The van der Waals surface area contributed by atoms with Crippen molar-refractivity contribution < 1.29 is 4.39 Å². The lowest BCUT2D eigenvalue weighted by Crippen LogP contribution is -1.85. The predicted molar refractivity (Wildman–Crippen MR) is 45.1 cm³/mol. The minimum atomic E-state index is -0.251. The molecule has 0 nitrogen and oxygen atoms in total. The molecule has 0 unspecified atom stereocenters. The minimum absolute atomic E-state index is 0.251. The van der Waals surface area contributed by atoms with Gasteiger partial charge in [0.15, 0.2) is 0 Å². The van der Waals surface area contributed by atoms with Crippen LogP contribution in [0.5, 0.6) is 0 Å². The van der Waals surface area contributed by atoms with E-state index in [9.17, 15) is 4.39 Å². The van der Waals surface area contributed by atoms with Crippen LogP contribution in [0, 0.1) is 12.2 Å². The second-order valence-corrected chi connectivity index (χ2v) is 2.71. The molecule has 0 bridgehead atoms. The smallest absolute Gasteiger partial charge is 0.128 e. The van der Waals surface area contributed by atoms with Crippen LogP contribution in [0.1, 0.15) is 18.9 Å². The van der Waals surface area contributed by atoms with Gasteiger partial charge in [0, 0.05) is 5.02 Å². The van der Waals surface area contributed by atoms with Crippen molar-refractivity contribution in [2.75, 3.05) is 0 Å². The third kappa shape index (κ3) is 2.19. The lowest BCUT2D eigenvalue weighted by atomic mass is 10.1. The molecule has 1 aromatic carbocycles. The molecule has 59 valence electrons. The Morgan fingerprint density at radius 3 is 2.82 bits per heavy atom. The highest BCUT2D eigenvalue weighted by Crippen LogP contribution is 2.16. The maximum atomic E-state index is 12.9. The Morgan fingerprint density at radius 2 is 2.27 bits per heavy atom. The van der Waals surface area contributed by atoms with Crippen LogP contribution in [0.15, 0.2) is 18.2 Å². The largest absolute Gasteiger partial charge is 0.207 e. The Balaban J connectivity index is 2.90. The maximum absolute atomic E-state index is 12.9. The molecule has 0 heterocycles. The van der Waals surface area contributed by atoms with Crippen molar-refractivity contribution in [3.05, 3.63) is 41.0 Å². The zero-order valence-electron chi connectivity index (χ0n) is 6.27. The fraction of sp³-hybridized carbons (Fsp3) is 0.222. The third-order valence-corrected chi connectivity index (χ3v) is 1.62. The molecule has 0 saturated heterocycles. The number of halogens is 2. The van der Waals surface area contributed by atoms with Gasteiger partial charge in [0.1, 0.15) is 5.82 Å². The summed E-state index contributed by atoms with van der Waals surface area (Å²) in [6, 6.07) is 4.69. The van der Waals surface area contributed by atoms with Gasteiger partial charge in [-0.2, -0.15) is 0 Å². The van der Waals surface area contributed by atoms with Crippen molar-refractivity contribution in [1.29, 1.82) is 0 Å². The van der Waals surface area contributed by atoms with Gasteiger partial charge in [-0.1, -0.05) is 24.6 Å². The molecular weight excluding hydrogens is 163 g/mol. The summed E-state index contributed by atoms with van der Waals surface area (Å²) in [6.45, 7) is 1.97. The number of hydrogen-bond donors (Lipinski definition) is 0. The van der Waals surface area contributed by atoms with E-state index in [2.05, 4.69) is 0 Å². The molecule has 1 aromatic rings.